The molecule has 0 radical (unpaired) electrons. The van der Waals surface area contributed by atoms with Gasteiger partial charge in [0.25, 0.3) is 0 Å². The Labute approximate surface area is 92.6 Å². The summed E-state index contributed by atoms with van der Waals surface area (Å²) in [7, 11) is 0. The predicted octanol–water partition coefficient (Wildman–Crippen LogP) is 2.43. The van der Waals surface area contributed by atoms with Gasteiger partial charge in [-0.2, -0.15) is 0 Å². The third-order valence-electron chi connectivity index (χ3n) is 3.18. The summed E-state index contributed by atoms with van der Waals surface area (Å²) >= 11 is 0. The fraction of sp³-hybridized carbons (Fsp3) is 0.417. The van der Waals surface area contributed by atoms with Crippen LogP contribution in [0, 0.1) is 5.82 Å². The molecule has 0 amide bonds. The first-order chi connectivity index (χ1) is 7.84. The average Bonchev–Trinajstić information content (AvgIpc) is 2.73. The van der Waals surface area contributed by atoms with Gasteiger partial charge in [-0.3, -0.25) is 0 Å². The highest BCUT2D eigenvalue weighted by Crippen LogP contribution is 2.31. The number of hydrogen-bond donors (Lipinski definition) is 1. The van der Waals surface area contributed by atoms with E-state index in [1.54, 1.807) is 6.07 Å². The van der Waals surface area contributed by atoms with Crippen molar-refractivity contribution in [1.82, 2.24) is 10.5 Å². The minimum absolute atomic E-state index is 0.266. The molecule has 16 heavy (non-hydrogen) atoms. The molecule has 0 aliphatic carbocycles. The van der Waals surface area contributed by atoms with E-state index in [1.165, 1.54) is 12.1 Å². The van der Waals surface area contributed by atoms with Crippen molar-refractivity contribution in [2.24, 2.45) is 0 Å². The Kier molecular flexibility index (Phi) is 2.36. The molecule has 3 rings (SSSR count). The van der Waals surface area contributed by atoms with Crippen molar-refractivity contribution in [3.05, 3.63) is 29.8 Å². The Morgan fingerprint density at radius 3 is 2.94 bits per heavy atom. The third kappa shape index (κ3) is 1.59. The number of rotatable bonds is 1. The highest BCUT2D eigenvalue weighted by atomic mass is 19.1. The van der Waals surface area contributed by atoms with E-state index in [0.29, 0.717) is 11.4 Å². The fourth-order valence-electron chi connectivity index (χ4n) is 2.31. The molecule has 3 nitrogen and oxygen atoms in total. The molecule has 1 saturated heterocycles. The van der Waals surface area contributed by atoms with Gasteiger partial charge in [0.05, 0.1) is 0 Å². The second-order valence-corrected chi connectivity index (χ2v) is 4.23. The van der Waals surface area contributed by atoms with Crippen molar-refractivity contribution >= 4 is 10.9 Å². The van der Waals surface area contributed by atoms with Crippen molar-refractivity contribution in [3.63, 3.8) is 0 Å². The molecule has 1 aliphatic rings. The topological polar surface area (TPSA) is 38.1 Å². The quantitative estimate of drug-likeness (QED) is 0.802. The van der Waals surface area contributed by atoms with E-state index in [9.17, 15) is 4.39 Å². The van der Waals surface area contributed by atoms with E-state index >= 15 is 0 Å². The van der Waals surface area contributed by atoms with E-state index in [4.69, 9.17) is 4.52 Å². The normalized spacial score (nSPS) is 18.1. The lowest BCUT2D eigenvalue weighted by atomic mass is 9.93. The number of aromatic nitrogens is 1. The molecule has 0 spiro atoms. The Morgan fingerprint density at radius 1 is 1.31 bits per heavy atom. The Bertz CT molecular complexity index is 503. The molecular weight excluding hydrogens is 207 g/mol. The van der Waals surface area contributed by atoms with Crippen LogP contribution in [-0.2, 0) is 0 Å². The molecule has 1 aromatic heterocycles. The van der Waals surface area contributed by atoms with Crippen LogP contribution in [0.2, 0.25) is 0 Å². The van der Waals surface area contributed by atoms with E-state index in [1.807, 2.05) is 0 Å². The molecular formula is C12H13FN2O. The molecule has 2 heterocycles. The largest absolute Gasteiger partial charge is 0.360 e. The SMILES string of the molecule is Fc1ccc2c(C3CCNCC3)onc2c1. The van der Waals surface area contributed by atoms with Gasteiger partial charge in [0.15, 0.2) is 0 Å². The molecule has 1 aromatic carbocycles. The van der Waals surface area contributed by atoms with Gasteiger partial charge in [0.1, 0.15) is 17.1 Å². The Balaban J connectivity index is 2.03. The second-order valence-electron chi connectivity index (χ2n) is 4.23. The van der Waals surface area contributed by atoms with Crippen LogP contribution in [0.3, 0.4) is 0 Å². The van der Waals surface area contributed by atoms with Gasteiger partial charge in [0, 0.05) is 17.4 Å². The van der Waals surface area contributed by atoms with Crippen LogP contribution >= 0.6 is 0 Å². The lowest BCUT2D eigenvalue weighted by Crippen LogP contribution is -2.26. The standard InChI is InChI=1S/C12H13FN2O/c13-9-1-2-10-11(7-9)15-16-12(10)8-3-5-14-6-4-8/h1-2,7-8,14H,3-6H2. The highest BCUT2D eigenvalue weighted by Gasteiger charge is 2.21. The maximum atomic E-state index is 13.0. The lowest BCUT2D eigenvalue weighted by molar-refractivity contribution is 0.333. The summed E-state index contributed by atoms with van der Waals surface area (Å²) in [5.41, 5.74) is 0.619. The second kappa shape index (κ2) is 3.87. The maximum absolute atomic E-state index is 13.0. The smallest absolute Gasteiger partial charge is 0.147 e. The van der Waals surface area contributed by atoms with Gasteiger partial charge in [-0.15, -0.1) is 0 Å². The van der Waals surface area contributed by atoms with Gasteiger partial charge in [-0.25, -0.2) is 4.39 Å². The number of fused-ring (bicyclic) bond motifs is 1. The number of piperidine rings is 1. The molecule has 84 valence electrons. The number of benzene rings is 1. The average molecular weight is 220 g/mol. The van der Waals surface area contributed by atoms with Gasteiger partial charge in [-0.05, 0) is 38.1 Å². The van der Waals surface area contributed by atoms with Crippen LogP contribution in [0.5, 0.6) is 0 Å². The van der Waals surface area contributed by atoms with Crippen LogP contribution in [0.25, 0.3) is 10.9 Å². The monoisotopic (exact) mass is 220 g/mol. The molecule has 1 aliphatic heterocycles. The van der Waals surface area contributed by atoms with Crippen molar-refractivity contribution in [2.75, 3.05) is 13.1 Å². The minimum Gasteiger partial charge on any atom is -0.360 e. The lowest BCUT2D eigenvalue weighted by Gasteiger charge is -2.20. The van der Waals surface area contributed by atoms with E-state index in [2.05, 4.69) is 10.5 Å². The maximum Gasteiger partial charge on any atom is 0.147 e. The summed E-state index contributed by atoms with van der Waals surface area (Å²) in [6.45, 7) is 2.02. The Morgan fingerprint density at radius 2 is 2.12 bits per heavy atom. The predicted molar refractivity (Wildman–Crippen MR) is 58.8 cm³/mol. The van der Waals surface area contributed by atoms with Crippen LogP contribution in [0.1, 0.15) is 24.5 Å². The zero-order chi connectivity index (χ0) is 11.0. The fourth-order valence-corrected chi connectivity index (χ4v) is 2.31. The van der Waals surface area contributed by atoms with Crippen LogP contribution in [0.4, 0.5) is 4.39 Å². The van der Waals surface area contributed by atoms with Crippen molar-refractivity contribution in [3.8, 4) is 0 Å². The van der Waals surface area contributed by atoms with Crippen molar-refractivity contribution < 1.29 is 8.91 Å². The summed E-state index contributed by atoms with van der Waals surface area (Å²) in [5, 5.41) is 8.18. The van der Waals surface area contributed by atoms with E-state index in [0.717, 1.165) is 37.1 Å². The van der Waals surface area contributed by atoms with E-state index in [-0.39, 0.29) is 5.82 Å². The first-order valence-corrected chi connectivity index (χ1v) is 5.60. The first-order valence-electron chi connectivity index (χ1n) is 5.60. The number of nitrogens with one attached hydrogen (secondary N) is 1. The molecule has 0 bridgehead atoms. The molecule has 1 fully saturated rings. The summed E-state index contributed by atoms with van der Waals surface area (Å²) < 4.78 is 18.4. The van der Waals surface area contributed by atoms with Crippen LogP contribution in [-0.4, -0.2) is 18.2 Å². The molecule has 4 heteroatoms. The Hall–Kier alpha value is -1.42. The summed E-state index contributed by atoms with van der Waals surface area (Å²) in [4.78, 5) is 0. The van der Waals surface area contributed by atoms with Crippen LogP contribution < -0.4 is 5.32 Å². The molecule has 2 aromatic rings. The molecule has 1 N–H and O–H groups in total. The van der Waals surface area contributed by atoms with Gasteiger partial charge < -0.3 is 9.84 Å². The van der Waals surface area contributed by atoms with Crippen molar-refractivity contribution in [1.29, 1.82) is 0 Å². The van der Waals surface area contributed by atoms with Gasteiger partial charge in [0.2, 0.25) is 0 Å². The molecule has 0 atom stereocenters. The van der Waals surface area contributed by atoms with Crippen molar-refractivity contribution in [2.45, 2.75) is 18.8 Å². The molecule has 0 saturated carbocycles. The minimum atomic E-state index is -0.266. The highest BCUT2D eigenvalue weighted by molar-refractivity contribution is 5.80. The van der Waals surface area contributed by atoms with Gasteiger partial charge in [-0.1, -0.05) is 5.16 Å². The number of hydrogen-bond acceptors (Lipinski definition) is 3. The molecule has 0 unspecified atom stereocenters. The summed E-state index contributed by atoms with van der Waals surface area (Å²) in [5.74, 6) is 1.06. The first kappa shape index (κ1) is 9.78. The van der Waals surface area contributed by atoms with Crippen LogP contribution in [0.15, 0.2) is 22.7 Å². The summed E-state index contributed by atoms with van der Waals surface area (Å²) in [6.07, 6.45) is 2.11. The zero-order valence-electron chi connectivity index (χ0n) is 8.87. The number of nitrogens with zero attached hydrogens (tertiary/aromatic N) is 1. The van der Waals surface area contributed by atoms with E-state index < -0.39 is 0 Å². The third-order valence-corrected chi connectivity index (χ3v) is 3.18. The summed E-state index contributed by atoms with van der Waals surface area (Å²) in [6, 6.07) is 4.64. The van der Waals surface area contributed by atoms with Gasteiger partial charge >= 0.3 is 0 Å². The zero-order valence-corrected chi connectivity index (χ0v) is 8.87. The number of halogens is 1.